The van der Waals surface area contributed by atoms with Gasteiger partial charge in [-0.05, 0) is 13.8 Å². The van der Waals surface area contributed by atoms with E-state index < -0.39 is 11.9 Å². The Morgan fingerprint density at radius 3 is 2.72 bits per heavy atom. The molecule has 0 spiro atoms. The summed E-state index contributed by atoms with van der Waals surface area (Å²) in [5, 5.41) is 11.5. The van der Waals surface area contributed by atoms with Crippen LogP contribution in [0.3, 0.4) is 0 Å². The van der Waals surface area contributed by atoms with E-state index in [0.717, 1.165) is 0 Å². The lowest BCUT2D eigenvalue weighted by atomic mass is 10.2. The molecule has 18 heavy (non-hydrogen) atoms. The fourth-order valence-electron chi connectivity index (χ4n) is 1.39. The molecule has 1 rings (SSSR count). The molecule has 0 saturated heterocycles. The molecule has 1 aromatic rings. The monoisotopic (exact) mass is 253 g/mol. The molecule has 0 aromatic carbocycles. The van der Waals surface area contributed by atoms with Crippen LogP contribution in [0.25, 0.3) is 0 Å². The summed E-state index contributed by atoms with van der Waals surface area (Å²) in [4.78, 5) is 29.7. The van der Waals surface area contributed by atoms with E-state index in [0.29, 0.717) is 11.5 Å². The summed E-state index contributed by atoms with van der Waals surface area (Å²) >= 11 is 0. The van der Waals surface area contributed by atoms with Gasteiger partial charge in [-0.15, -0.1) is 0 Å². The number of carbonyl (C=O) groups excluding carboxylic acids is 1. The zero-order valence-corrected chi connectivity index (χ0v) is 10.4. The van der Waals surface area contributed by atoms with Gasteiger partial charge < -0.3 is 15.2 Å². The average molecular weight is 253 g/mol. The summed E-state index contributed by atoms with van der Waals surface area (Å²) < 4.78 is 4.53. The Morgan fingerprint density at radius 1 is 1.50 bits per heavy atom. The second-order valence-electron chi connectivity index (χ2n) is 3.85. The van der Waals surface area contributed by atoms with Crippen molar-refractivity contribution in [2.75, 3.05) is 12.4 Å². The Hall–Kier alpha value is -2.18. The number of aryl methyl sites for hydroxylation is 1. The highest BCUT2D eigenvalue weighted by Gasteiger charge is 2.13. The topological polar surface area (TPSA) is 101 Å². The zero-order chi connectivity index (χ0) is 13.7. The van der Waals surface area contributed by atoms with Gasteiger partial charge in [-0.2, -0.15) is 0 Å². The van der Waals surface area contributed by atoms with E-state index in [2.05, 4.69) is 20.0 Å². The van der Waals surface area contributed by atoms with Crippen LogP contribution in [-0.2, 0) is 9.53 Å². The Kier molecular flexibility index (Phi) is 4.59. The van der Waals surface area contributed by atoms with Crippen LogP contribution < -0.4 is 5.32 Å². The largest absolute Gasteiger partial charge is 0.481 e. The average Bonchev–Trinajstić information content (AvgIpc) is 2.25. The number of hydrogen-bond acceptors (Lipinski definition) is 6. The van der Waals surface area contributed by atoms with Crippen molar-refractivity contribution >= 4 is 17.8 Å². The number of ether oxygens (including phenoxy) is 1. The molecule has 0 aliphatic carbocycles. The molecule has 1 unspecified atom stereocenters. The van der Waals surface area contributed by atoms with E-state index in [1.165, 1.54) is 7.11 Å². The molecule has 0 saturated carbocycles. The smallest absolute Gasteiger partial charge is 0.376 e. The standard InChI is InChI=1S/C11H15N3O4/c1-6-4-8(12-7(2)5-9(15)16)14-10(13-6)11(17)18-3/h4,7H,5H2,1-3H3,(H,15,16)(H,12,13,14). The molecule has 0 bridgehead atoms. The normalized spacial score (nSPS) is 11.7. The molecule has 98 valence electrons. The van der Waals surface area contributed by atoms with Crippen molar-refractivity contribution in [3.05, 3.63) is 17.6 Å². The number of nitrogens with zero attached hydrogens (tertiary/aromatic N) is 2. The third-order valence-electron chi connectivity index (χ3n) is 2.10. The molecule has 1 heterocycles. The van der Waals surface area contributed by atoms with E-state index >= 15 is 0 Å². The van der Waals surface area contributed by atoms with Gasteiger partial charge in [0.05, 0.1) is 13.5 Å². The molecular weight excluding hydrogens is 238 g/mol. The van der Waals surface area contributed by atoms with Crippen LogP contribution >= 0.6 is 0 Å². The number of carboxylic acid groups (broad SMARTS) is 1. The summed E-state index contributed by atoms with van der Waals surface area (Å²) in [6, 6.07) is 1.33. The highest BCUT2D eigenvalue weighted by molar-refractivity contribution is 5.85. The molecule has 0 aliphatic rings. The SMILES string of the molecule is COC(=O)c1nc(C)cc(NC(C)CC(=O)O)n1. The Bertz CT molecular complexity index is 462. The van der Waals surface area contributed by atoms with Crippen molar-refractivity contribution in [2.45, 2.75) is 26.3 Å². The van der Waals surface area contributed by atoms with Gasteiger partial charge in [-0.1, -0.05) is 0 Å². The zero-order valence-electron chi connectivity index (χ0n) is 10.4. The predicted octanol–water partition coefficient (Wildman–Crippen LogP) is 0.847. The first-order valence-corrected chi connectivity index (χ1v) is 5.34. The van der Waals surface area contributed by atoms with Crippen LogP contribution in [0.4, 0.5) is 5.82 Å². The lowest BCUT2D eigenvalue weighted by molar-refractivity contribution is -0.137. The van der Waals surface area contributed by atoms with Crippen LogP contribution in [0.2, 0.25) is 0 Å². The lowest BCUT2D eigenvalue weighted by Gasteiger charge is -2.13. The fourth-order valence-corrected chi connectivity index (χ4v) is 1.39. The van der Waals surface area contributed by atoms with Crippen LogP contribution in [0.5, 0.6) is 0 Å². The maximum absolute atomic E-state index is 11.3. The molecule has 2 N–H and O–H groups in total. The van der Waals surface area contributed by atoms with Crippen LogP contribution in [0.1, 0.15) is 29.7 Å². The van der Waals surface area contributed by atoms with Gasteiger partial charge in [-0.25, -0.2) is 14.8 Å². The van der Waals surface area contributed by atoms with Gasteiger partial charge in [0.1, 0.15) is 5.82 Å². The van der Waals surface area contributed by atoms with Crippen molar-refractivity contribution in [1.82, 2.24) is 9.97 Å². The van der Waals surface area contributed by atoms with E-state index in [9.17, 15) is 9.59 Å². The minimum Gasteiger partial charge on any atom is -0.481 e. The van der Waals surface area contributed by atoms with E-state index in [1.54, 1.807) is 19.9 Å². The first-order valence-electron chi connectivity index (χ1n) is 5.34. The first-order chi connectivity index (χ1) is 8.42. The van der Waals surface area contributed by atoms with E-state index in [1.807, 2.05) is 0 Å². The number of nitrogens with one attached hydrogen (secondary N) is 1. The van der Waals surface area contributed by atoms with Crippen LogP contribution in [0.15, 0.2) is 6.07 Å². The molecule has 0 fully saturated rings. The number of rotatable bonds is 5. The van der Waals surface area contributed by atoms with Crippen LogP contribution in [0, 0.1) is 6.92 Å². The summed E-state index contributed by atoms with van der Waals surface area (Å²) in [5.41, 5.74) is 0.593. The number of aromatic nitrogens is 2. The maximum Gasteiger partial charge on any atom is 0.376 e. The third kappa shape index (κ3) is 4.00. The Morgan fingerprint density at radius 2 is 2.17 bits per heavy atom. The first kappa shape index (κ1) is 13.9. The van der Waals surface area contributed by atoms with Gasteiger partial charge in [0, 0.05) is 17.8 Å². The Balaban J connectivity index is 2.86. The second-order valence-corrected chi connectivity index (χ2v) is 3.85. The van der Waals surface area contributed by atoms with Crippen molar-refractivity contribution in [3.8, 4) is 0 Å². The van der Waals surface area contributed by atoms with Gasteiger partial charge in [0.15, 0.2) is 0 Å². The highest BCUT2D eigenvalue weighted by atomic mass is 16.5. The summed E-state index contributed by atoms with van der Waals surface area (Å²) in [5.74, 6) is -1.19. The number of anilines is 1. The molecule has 1 aromatic heterocycles. The Labute approximate surface area is 104 Å². The van der Waals surface area contributed by atoms with Gasteiger partial charge >= 0.3 is 11.9 Å². The van der Waals surface area contributed by atoms with E-state index in [4.69, 9.17) is 5.11 Å². The quantitative estimate of drug-likeness (QED) is 0.750. The summed E-state index contributed by atoms with van der Waals surface area (Å²) in [6.45, 7) is 3.42. The number of carbonyl (C=O) groups is 2. The minimum absolute atomic E-state index is 0.0450. The summed E-state index contributed by atoms with van der Waals surface area (Å²) in [7, 11) is 1.24. The summed E-state index contributed by atoms with van der Waals surface area (Å²) in [6.07, 6.45) is -0.0450. The van der Waals surface area contributed by atoms with Crippen molar-refractivity contribution in [1.29, 1.82) is 0 Å². The maximum atomic E-state index is 11.3. The number of aliphatic carboxylic acids is 1. The number of methoxy groups -OCH3 is 1. The molecular formula is C11H15N3O4. The third-order valence-corrected chi connectivity index (χ3v) is 2.10. The van der Waals surface area contributed by atoms with Gasteiger partial charge in [0.25, 0.3) is 0 Å². The predicted molar refractivity (Wildman–Crippen MR) is 63.4 cm³/mol. The van der Waals surface area contributed by atoms with Gasteiger partial charge in [-0.3, -0.25) is 4.79 Å². The number of esters is 1. The lowest BCUT2D eigenvalue weighted by Crippen LogP contribution is -2.21. The van der Waals surface area contributed by atoms with Crippen LogP contribution in [-0.4, -0.2) is 40.2 Å². The molecule has 7 nitrogen and oxygen atoms in total. The van der Waals surface area contributed by atoms with Gasteiger partial charge in [0.2, 0.25) is 5.82 Å². The van der Waals surface area contributed by atoms with E-state index in [-0.39, 0.29) is 18.3 Å². The molecule has 0 aliphatic heterocycles. The molecule has 7 heteroatoms. The van der Waals surface area contributed by atoms with Crippen molar-refractivity contribution in [2.24, 2.45) is 0 Å². The van der Waals surface area contributed by atoms with Crippen molar-refractivity contribution in [3.63, 3.8) is 0 Å². The minimum atomic E-state index is -0.908. The molecule has 0 radical (unpaired) electrons. The van der Waals surface area contributed by atoms with Crippen molar-refractivity contribution < 1.29 is 19.4 Å². The fraction of sp³-hybridized carbons (Fsp3) is 0.455. The number of hydrogen-bond donors (Lipinski definition) is 2. The highest BCUT2D eigenvalue weighted by Crippen LogP contribution is 2.09. The molecule has 0 amide bonds. The molecule has 1 atom stereocenters. The number of carboxylic acids is 1. The second kappa shape index (κ2) is 5.95.